The maximum absolute atomic E-state index is 4.02. The lowest BCUT2D eigenvalue weighted by molar-refractivity contribution is 0.865. The first-order chi connectivity index (χ1) is 6.77. The minimum absolute atomic E-state index is 0. The van der Waals surface area contributed by atoms with Crippen molar-refractivity contribution in [2.24, 2.45) is 0 Å². The van der Waals surface area contributed by atoms with Crippen LogP contribution in [0.15, 0.2) is 43.0 Å². The number of aromatic nitrogens is 2. The Morgan fingerprint density at radius 1 is 1.20 bits per heavy atom. The Morgan fingerprint density at radius 2 is 1.87 bits per heavy atom. The number of hydrogen-bond acceptors (Lipinski definition) is 1. The predicted molar refractivity (Wildman–Crippen MR) is 66.5 cm³/mol. The van der Waals surface area contributed by atoms with Crippen molar-refractivity contribution in [1.82, 2.24) is 9.55 Å². The normalized spacial score (nSPS) is 10.1. The Labute approximate surface area is 93.1 Å². The Morgan fingerprint density at radius 3 is 2.33 bits per heavy atom. The SMILES string of the molecule is C.CC(C)c1ccc(-n2ccnc2)cc1.[HH]. The van der Waals surface area contributed by atoms with Crippen LogP contribution in [0.3, 0.4) is 0 Å². The van der Waals surface area contributed by atoms with Crippen molar-refractivity contribution in [2.75, 3.05) is 0 Å². The van der Waals surface area contributed by atoms with Crippen LogP contribution in [-0.2, 0) is 0 Å². The lowest BCUT2D eigenvalue weighted by Gasteiger charge is -2.06. The second-order valence-corrected chi connectivity index (χ2v) is 3.72. The van der Waals surface area contributed by atoms with Crippen LogP contribution in [-0.4, -0.2) is 9.55 Å². The first-order valence-corrected chi connectivity index (χ1v) is 4.85. The standard InChI is InChI=1S/C12H14N2.CH4.H2/c1-10(2)11-3-5-12(6-4-11)14-8-7-13-9-14;;/h3-10H,1-2H3;1H4;1H. The average Bonchev–Trinajstić information content (AvgIpc) is 2.71. The molecule has 1 aromatic heterocycles. The zero-order valence-corrected chi connectivity index (χ0v) is 8.51. The van der Waals surface area contributed by atoms with Crippen LogP contribution >= 0.6 is 0 Å². The fourth-order valence-corrected chi connectivity index (χ4v) is 1.44. The third kappa shape index (κ3) is 2.46. The Bertz CT molecular complexity index is 390. The van der Waals surface area contributed by atoms with E-state index >= 15 is 0 Å². The molecule has 0 unspecified atom stereocenters. The molecule has 1 heterocycles. The topological polar surface area (TPSA) is 17.8 Å². The molecule has 0 aliphatic rings. The van der Waals surface area contributed by atoms with E-state index in [0.29, 0.717) is 5.92 Å². The molecule has 1 aromatic carbocycles. The highest BCUT2D eigenvalue weighted by atomic mass is 15.0. The quantitative estimate of drug-likeness (QED) is 0.726. The van der Waals surface area contributed by atoms with Crippen molar-refractivity contribution in [1.29, 1.82) is 0 Å². The first kappa shape index (κ1) is 11.5. The summed E-state index contributed by atoms with van der Waals surface area (Å²) in [5.74, 6) is 0.590. The van der Waals surface area contributed by atoms with Crippen LogP contribution in [0.4, 0.5) is 0 Å². The maximum atomic E-state index is 4.02. The van der Waals surface area contributed by atoms with Gasteiger partial charge in [-0.05, 0) is 23.6 Å². The highest BCUT2D eigenvalue weighted by Gasteiger charge is 1.99. The van der Waals surface area contributed by atoms with Gasteiger partial charge >= 0.3 is 0 Å². The van der Waals surface area contributed by atoms with Gasteiger partial charge in [-0.15, -0.1) is 0 Å². The second-order valence-electron chi connectivity index (χ2n) is 3.72. The van der Waals surface area contributed by atoms with Crippen molar-refractivity contribution >= 4 is 0 Å². The zero-order chi connectivity index (χ0) is 9.97. The van der Waals surface area contributed by atoms with Gasteiger partial charge in [0.05, 0.1) is 6.33 Å². The molecule has 2 nitrogen and oxygen atoms in total. The molecule has 0 saturated heterocycles. The summed E-state index contributed by atoms with van der Waals surface area (Å²) in [5.41, 5.74) is 2.53. The second kappa shape index (κ2) is 4.78. The molecule has 82 valence electrons. The molecule has 2 heteroatoms. The summed E-state index contributed by atoms with van der Waals surface area (Å²) in [4.78, 5) is 4.02. The summed E-state index contributed by atoms with van der Waals surface area (Å²) in [6, 6.07) is 8.58. The zero-order valence-electron chi connectivity index (χ0n) is 8.51. The Balaban J connectivity index is 0.00000112. The number of nitrogens with zero attached hydrogens (tertiary/aromatic N) is 2. The van der Waals surface area contributed by atoms with Crippen LogP contribution in [0.2, 0.25) is 0 Å². The minimum atomic E-state index is 0. The van der Waals surface area contributed by atoms with E-state index in [-0.39, 0.29) is 8.85 Å². The van der Waals surface area contributed by atoms with Gasteiger partial charge in [0.15, 0.2) is 0 Å². The van der Waals surface area contributed by atoms with Crippen LogP contribution in [0.25, 0.3) is 5.69 Å². The van der Waals surface area contributed by atoms with E-state index in [0.717, 1.165) is 5.69 Å². The van der Waals surface area contributed by atoms with Gasteiger partial charge in [0.1, 0.15) is 0 Å². The fraction of sp³-hybridized carbons (Fsp3) is 0.308. The number of rotatable bonds is 2. The third-order valence-corrected chi connectivity index (χ3v) is 2.36. The first-order valence-electron chi connectivity index (χ1n) is 4.85. The summed E-state index contributed by atoms with van der Waals surface area (Å²) >= 11 is 0. The van der Waals surface area contributed by atoms with E-state index in [4.69, 9.17) is 0 Å². The molecule has 0 atom stereocenters. The molecule has 15 heavy (non-hydrogen) atoms. The van der Waals surface area contributed by atoms with E-state index in [1.807, 2.05) is 17.1 Å². The van der Waals surface area contributed by atoms with Gasteiger partial charge in [0, 0.05) is 19.5 Å². The highest BCUT2D eigenvalue weighted by Crippen LogP contribution is 2.16. The van der Waals surface area contributed by atoms with E-state index in [2.05, 4.69) is 43.1 Å². The maximum Gasteiger partial charge on any atom is 0.0991 e. The van der Waals surface area contributed by atoms with Crippen molar-refractivity contribution in [3.05, 3.63) is 48.5 Å². The molecule has 2 rings (SSSR count). The Hall–Kier alpha value is -1.57. The Kier molecular flexibility index (Phi) is 3.67. The number of hydrogen-bond donors (Lipinski definition) is 0. The van der Waals surface area contributed by atoms with Gasteiger partial charge in [-0.2, -0.15) is 0 Å². The third-order valence-electron chi connectivity index (χ3n) is 2.36. The van der Waals surface area contributed by atoms with Gasteiger partial charge in [0.2, 0.25) is 0 Å². The molecule has 0 fully saturated rings. The minimum Gasteiger partial charge on any atom is -0.306 e. The summed E-state index contributed by atoms with van der Waals surface area (Å²) < 4.78 is 2.00. The lowest BCUT2D eigenvalue weighted by atomic mass is 10.0. The van der Waals surface area contributed by atoms with Crippen molar-refractivity contribution in [3.63, 3.8) is 0 Å². The van der Waals surface area contributed by atoms with E-state index < -0.39 is 0 Å². The highest BCUT2D eigenvalue weighted by molar-refractivity contribution is 5.35. The molecule has 0 radical (unpaired) electrons. The molecule has 2 aromatic rings. The van der Waals surface area contributed by atoms with E-state index in [9.17, 15) is 0 Å². The molecule has 0 saturated carbocycles. The van der Waals surface area contributed by atoms with Gasteiger partial charge in [-0.25, -0.2) is 4.98 Å². The molecule has 0 amide bonds. The van der Waals surface area contributed by atoms with Gasteiger partial charge < -0.3 is 4.57 Å². The largest absolute Gasteiger partial charge is 0.306 e. The molecule has 0 spiro atoms. The molecular weight excluding hydrogens is 184 g/mol. The molecule has 0 N–H and O–H groups in total. The van der Waals surface area contributed by atoms with Crippen LogP contribution < -0.4 is 0 Å². The van der Waals surface area contributed by atoms with Crippen molar-refractivity contribution < 1.29 is 1.43 Å². The van der Waals surface area contributed by atoms with Crippen LogP contribution in [0.5, 0.6) is 0 Å². The van der Waals surface area contributed by atoms with Gasteiger partial charge in [-0.3, -0.25) is 0 Å². The van der Waals surface area contributed by atoms with E-state index in [1.165, 1.54) is 5.56 Å². The van der Waals surface area contributed by atoms with Crippen molar-refractivity contribution in [3.8, 4) is 5.69 Å². The monoisotopic (exact) mass is 204 g/mol. The summed E-state index contributed by atoms with van der Waals surface area (Å²) in [6.07, 6.45) is 5.55. The fourth-order valence-electron chi connectivity index (χ4n) is 1.44. The average molecular weight is 204 g/mol. The summed E-state index contributed by atoms with van der Waals surface area (Å²) in [6.45, 7) is 4.40. The number of benzene rings is 1. The summed E-state index contributed by atoms with van der Waals surface area (Å²) in [5, 5.41) is 0. The van der Waals surface area contributed by atoms with Crippen LogP contribution in [0.1, 0.15) is 34.2 Å². The van der Waals surface area contributed by atoms with Gasteiger partial charge in [-0.1, -0.05) is 33.4 Å². The predicted octanol–water partition coefficient (Wildman–Crippen LogP) is 3.88. The number of imidazole rings is 1. The molecular formula is C13H20N2. The smallest absolute Gasteiger partial charge is 0.0991 e. The molecule has 0 bridgehead atoms. The summed E-state index contributed by atoms with van der Waals surface area (Å²) in [7, 11) is 0. The van der Waals surface area contributed by atoms with E-state index in [1.54, 1.807) is 6.20 Å². The van der Waals surface area contributed by atoms with Crippen LogP contribution in [0, 0.1) is 0 Å². The molecule has 0 aliphatic carbocycles. The molecule has 0 aliphatic heterocycles. The lowest BCUT2D eigenvalue weighted by Crippen LogP contribution is -1.91. The van der Waals surface area contributed by atoms with Crippen molar-refractivity contribution in [2.45, 2.75) is 27.2 Å². The van der Waals surface area contributed by atoms with Gasteiger partial charge in [0.25, 0.3) is 0 Å².